The highest BCUT2D eigenvalue weighted by Gasteiger charge is 2.26. The minimum absolute atomic E-state index is 0.0924. The van der Waals surface area contributed by atoms with Gasteiger partial charge in [0.25, 0.3) is 0 Å². The maximum absolute atomic E-state index is 13.5. The second-order valence-corrected chi connectivity index (χ2v) is 3.91. The maximum atomic E-state index is 13.5. The Bertz CT molecular complexity index is 474. The van der Waals surface area contributed by atoms with Gasteiger partial charge in [0.1, 0.15) is 11.6 Å². The van der Waals surface area contributed by atoms with Gasteiger partial charge in [-0.1, -0.05) is 11.8 Å². The average molecular weight is 295 g/mol. The summed E-state index contributed by atoms with van der Waals surface area (Å²) in [5.41, 5.74) is 0.170. The van der Waals surface area contributed by atoms with Crippen molar-refractivity contribution in [3.05, 3.63) is 29.6 Å². The van der Waals surface area contributed by atoms with Gasteiger partial charge in [0, 0.05) is 12.5 Å². The van der Waals surface area contributed by atoms with Crippen molar-refractivity contribution in [2.24, 2.45) is 0 Å². The van der Waals surface area contributed by atoms with Crippen molar-refractivity contribution in [3.8, 4) is 17.6 Å². The SMILES string of the molecule is Fc1cc(OCCCC(F)(F)F)ccc1C#CCCl. The monoisotopic (exact) mass is 294 g/mol. The molecule has 0 fully saturated rings. The van der Waals surface area contributed by atoms with Crippen molar-refractivity contribution >= 4 is 11.6 Å². The summed E-state index contributed by atoms with van der Waals surface area (Å²) in [6.07, 6.45) is -5.29. The van der Waals surface area contributed by atoms with Crippen LogP contribution >= 0.6 is 11.6 Å². The van der Waals surface area contributed by atoms with Crippen LogP contribution < -0.4 is 4.74 Å². The van der Waals surface area contributed by atoms with E-state index in [1.807, 2.05) is 0 Å². The summed E-state index contributed by atoms with van der Waals surface area (Å²) in [6.45, 7) is -0.119. The molecule has 0 bridgehead atoms. The number of ether oxygens (including phenoxy) is 1. The Morgan fingerprint density at radius 3 is 2.58 bits per heavy atom. The van der Waals surface area contributed by atoms with Crippen LogP contribution in [-0.2, 0) is 0 Å². The Kier molecular flexibility index (Phi) is 5.97. The van der Waals surface area contributed by atoms with Crippen molar-refractivity contribution in [1.29, 1.82) is 0 Å². The van der Waals surface area contributed by atoms with E-state index in [1.54, 1.807) is 0 Å². The highest BCUT2D eigenvalue weighted by atomic mass is 35.5. The summed E-state index contributed by atoms with van der Waals surface area (Å²) >= 11 is 5.34. The zero-order chi connectivity index (χ0) is 14.3. The van der Waals surface area contributed by atoms with E-state index in [1.165, 1.54) is 12.1 Å². The van der Waals surface area contributed by atoms with Gasteiger partial charge in [-0.05, 0) is 18.6 Å². The van der Waals surface area contributed by atoms with Crippen molar-refractivity contribution in [2.75, 3.05) is 12.5 Å². The first-order valence-electron chi connectivity index (χ1n) is 5.46. The van der Waals surface area contributed by atoms with Crippen molar-refractivity contribution in [2.45, 2.75) is 19.0 Å². The summed E-state index contributed by atoms with van der Waals surface area (Å²) in [4.78, 5) is 0. The minimum atomic E-state index is -4.20. The second kappa shape index (κ2) is 7.25. The topological polar surface area (TPSA) is 9.23 Å². The molecule has 0 spiro atoms. The number of benzene rings is 1. The molecule has 6 heteroatoms. The van der Waals surface area contributed by atoms with Gasteiger partial charge in [-0.3, -0.25) is 0 Å². The molecule has 1 aromatic carbocycles. The lowest BCUT2D eigenvalue weighted by molar-refractivity contribution is -0.136. The molecule has 0 saturated heterocycles. The standard InChI is InChI=1S/C13H11ClF4O/c14-7-1-3-10-4-5-11(9-12(10)15)19-8-2-6-13(16,17)18/h4-5,9H,2,6-8H2. The van der Waals surface area contributed by atoms with Gasteiger partial charge >= 0.3 is 6.18 Å². The molecule has 0 unspecified atom stereocenters. The zero-order valence-corrected chi connectivity index (χ0v) is 10.6. The van der Waals surface area contributed by atoms with Crippen molar-refractivity contribution in [1.82, 2.24) is 0 Å². The summed E-state index contributed by atoms with van der Waals surface area (Å²) in [7, 11) is 0. The fraction of sp³-hybridized carbons (Fsp3) is 0.385. The normalized spacial score (nSPS) is 10.8. The van der Waals surface area contributed by atoms with Crippen LogP contribution in [0.25, 0.3) is 0 Å². The third kappa shape index (κ3) is 6.35. The maximum Gasteiger partial charge on any atom is 0.389 e. The molecule has 0 aliphatic heterocycles. The highest BCUT2D eigenvalue weighted by molar-refractivity contribution is 6.19. The van der Waals surface area contributed by atoms with Gasteiger partial charge < -0.3 is 4.74 Å². The predicted octanol–water partition coefficient (Wildman–Crippen LogP) is 4.14. The Labute approximate surface area is 113 Å². The van der Waals surface area contributed by atoms with Gasteiger partial charge in [-0.2, -0.15) is 13.2 Å². The molecule has 1 nitrogen and oxygen atoms in total. The van der Waals surface area contributed by atoms with Crippen LogP contribution in [0.1, 0.15) is 18.4 Å². The fourth-order valence-electron chi connectivity index (χ4n) is 1.28. The molecule has 104 valence electrons. The van der Waals surface area contributed by atoms with E-state index >= 15 is 0 Å². The summed E-state index contributed by atoms with van der Waals surface area (Å²) < 4.78 is 54.1. The van der Waals surface area contributed by atoms with Crippen LogP contribution in [0.3, 0.4) is 0 Å². The molecule has 0 N–H and O–H groups in total. The molecule has 1 rings (SSSR count). The minimum Gasteiger partial charge on any atom is -0.493 e. The first kappa shape index (κ1) is 15.6. The first-order valence-corrected chi connectivity index (χ1v) is 6.00. The van der Waals surface area contributed by atoms with Crippen LogP contribution in [0.2, 0.25) is 0 Å². The lowest BCUT2D eigenvalue weighted by atomic mass is 10.2. The number of halogens is 5. The Hall–Kier alpha value is -1.41. The molecule has 0 atom stereocenters. The quantitative estimate of drug-likeness (QED) is 0.351. The largest absolute Gasteiger partial charge is 0.493 e. The molecular weight excluding hydrogens is 284 g/mol. The van der Waals surface area contributed by atoms with Crippen LogP contribution in [0, 0.1) is 17.7 Å². The van der Waals surface area contributed by atoms with E-state index in [0.717, 1.165) is 6.07 Å². The molecule has 0 aromatic heterocycles. The van der Waals surface area contributed by atoms with Gasteiger partial charge in [0.2, 0.25) is 0 Å². The van der Waals surface area contributed by atoms with Crippen LogP contribution in [0.4, 0.5) is 17.6 Å². The lowest BCUT2D eigenvalue weighted by Gasteiger charge is -2.08. The van der Waals surface area contributed by atoms with E-state index in [-0.39, 0.29) is 30.2 Å². The lowest BCUT2D eigenvalue weighted by Crippen LogP contribution is -2.09. The molecule has 1 aromatic rings. The van der Waals surface area contributed by atoms with Crippen LogP contribution in [0.15, 0.2) is 18.2 Å². The average Bonchev–Trinajstić information content (AvgIpc) is 2.32. The molecule has 0 aliphatic carbocycles. The summed E-state index contributed by atoms with van der Waals surface area (Å²) in [6, 6.07) is 3.94. The highest BCUT2D eigenvalue weighted by Crippen LogP contribution is 2.22. The molecule has 19 heavy (non-hydrogen) atoms. The summed E-state index contributed by atoms with van der Waals surface area (Å²) in [5.74, 6) is 4.70. The first-order chi connectivity index (χ1) is 8.92. The number of rotatable bonds is 4. The van der Waals surface area contributed by atoms with Gasteiger partial charge in [-0.25, -0.2) is 4.39 Å². The van der Waals surface area contributed by atoms with Crippen LogP contribution in [0.5, 0.6) is 5.75 Å². The molecule has 0 amide bonds. The van der Waals surface area contributed by atoms with E-state index in [9.17, 15) is 17.6 Å². The predicted molar refractivity (Wildman–Crippen MR) is 64.8 cm³/mol. The van der Waals surface area contributed by atoms with Crippen molar-refractivity contribution in [3.63, 3.8) is 0 Å². The van der Waals surface area contributed by atoms with Gasteiger partial charge in [0.15, 0.2) is 0 Å². The summed E-state index contributed by atoms with van der Waals surface area (Å²) in [5, 5.41) is 0. The van der Waals surface area contributed by atoms with Crippen LogP contribution in [-0.4, -0.2) is 18.7 Å². The smallest absolute Gasteiger partial charge is 0.389 e. The van der Waals surface area contributed by atoms with Gasteiger partial charge in [0.05, 0.1) is 18.1 Å². The van der Waals surface area contributed by atoms with Gasteiger partial charge in [-0.15, -0.1) is 11.6 Å². The van der Waals surface area contributed by atoms with E-state index < -0.39 is 18.4 Å². The third-order valence-corrected chi connectivity index (χ3v) is 2.24. The second-order valence-electron chi connectivity index (χ2n) is 3.64. The number of hydrogen-bond acceptors (Lipinski definition) is 1. The molecule has 0 aliphatic rings. The fourth-order valence-corrected chi connectivity index (χ4v) is 1.35. The molecule has 0 heterocycles. The Morgan fingerprint density at radius 1 is 1.26 bits per heavy atom. The number of hydrogen-bond donors (Lipinski definition) is 0. The zero-order valence-electron chi connectivity index (χ0n) is 9.86. The molecular formula is C13H11ClF4O. The van der Waals surface area contributed by atoms with E-state index in [4.69, 9.17) is 16.3 Å². The molecule has 0 radical (unpaired) electrons. The Balaban J connectivity index is 2.50. The Morgan fingerprint density at radius 2 is 2.00 bits per heavy atom. The number of alkyl halides is 4. The van der Waals surface area contributed by atoms with E-state index in [2.05, 4.69) is 11.8 Å². The van der Waals surface area contributed by atoms with E-state index in [0.29, 0.717) is 0 Å². The third-order valence-electron chi connectivity index (χ3n) is 2.10. The molecule has 0 saturated carbocycles. The van der Waals surface area contributed by atoms with Crippen molar-refractivity contribution < 1.29 is 22.3 Å².